The number of fused-ring (bicyclic) bond motifs is 4. The summed E-state index contributed by atoms with van der Waals surface area (Å²) >= 11 is 0. The number of imidazole rings is 1. The molecule has 7 aromatic rings. The first kappa shape index (κ1) is 30.1. The molecule has 0 atom stereocenters. The zero-order valence-electron chi connectivity index (χ0n) is 26.3. The number of rotatable bonds is 4. The molecule has 8 rings (SSSR count). The van der Waals surface area contributed by atoms with Gasteiger partial charge >= 0.3 is 21.1 Å². The van der Waals surface area contributed by atoms with Crippen LogP contribution in [0, 0.1) is 12.1 Å². The van der Waals surface area contributed by atoms with E-state index in [2.05, 4.69) is 160 Å². The zero-order valence-corrected chi connectivity index (χ0v) is 28.6. The average Bonchev–Trinajstić information content (AvgIpc) is 3.57. The summed E-state index contributed by atoms with van der Waals surface area (Å²) in [4.78, 5) is 9.84. The number of nitrogens with zero attached hydrogens (tertiary/aromatic N) is 3. The molecule has 0 amide bonds. The van der Waals surface area contributed by atoms with Crippen molar-refractivity contribution >= 4 is 11.0 Å². The van der Waals surface area contributed by atoms with E-state index in [1.54, 1.807) is 0 Å². The molecule has 4 heteroatoms. The van der Waals surface area contributed by atoms with Crippen molar-refractivity contribution in [1.82, 2.24) is 14.5 Å². The quantitative estimate of drug-likeness (QED) is 0.167. The number of hydrogen-bond acceptors (Lipinski definition) is 2. The van der Waals surface area contributed by atoms with Crippen LogP contribution in [0.4, 0.5) is 0 Å². The van der Waals surface area contributed by atoms with Gasteiger partial charge in [0.05, 0.1) is 16.9 Å². The fraction of sp³-hybridized carbons (Fsp3) is 0.143. The summed E-state index contributed by atoms with van der Waals surface area (Å²) in [5.41, 5.74) is 12.7. The van der Waals surface area contributed by atoms with Crippen LogP contribution in [0.25, 0.3) is 44.8 Å². The van der Waals surface area contributed by atoms with Gasteiger partial charge in [-0.25, -0.2) is 0 Å². The van der Waals surface area contributed by atoms with E-state index in [9.17, 15) is 0 Å². The molecule has 0 saturated carbocycles. The van der Waals surface area contributed by atoms with Crippen LogP contribution in [0.3, 0.4) is 0 Å². The third kappa shape index (κ3) is 4.60. The molecule has 0 radical (unpaired) electrons. The molecule has 226 valence electrons. The monoisotopic (exact) mass is 774 g/mol. The molecule has 2 aromatic heterocycles. The van der Waals surface area contributed by atoms with Crippen molar-refractivity contribution < 1.29 is 21.1 Å². The van der Waals surface area contributed by atoms with E-state index < -0.39 is 5.41 Å². The van der Waals surface area contributed by atoms with Crippen molar-refractivity contribution in [3.05, 3.63) is 167 Å². The second-order valence-corrected chi connectivity index (χ2v) is 13.0. The largest absolute Gasteiger partial charge is 2.00 e. The standard InChI is InChI=1S/C42H33N3.Pt/c1-41(2,3)30-23-24-43-38(27-30)28-13-11-15-31(25-28)42(35-19-7-5-17-33(35)34-18-6-8-20-36(34)42)32-16-12-14-29(26-32)40-44-37-21-9-10-22-39(37)45(40)4;/h5-24,27H,1-4H3;/q-2;+2. The van der Waals surface area contributed by atoms with Gasteiger partial charge in [0, 0.05) is 18.7 Å². The summed E-state index contributed by atoms with van der Waals surface area (Å²) < 4.78 is 2.16. The van der Waals surface area contributed by atoms with E-state index in [0.29, 0.717) is 0 Å². The Hall–Kier alpha value is -4.59. The van der Waals surface area contributed by atoms with Crippen LogP contribution < -0.4 is 0 Å². The van der Waals surface area contributed by atoms with Gasteiger partial charge in [0.15, 0.2) is 0 Å². The summed E-state index contributed by atoms with van der Waals surface area (Å²) in [6.07, 6.45) is 1.92. The van der Waals surface area contributed by atoms with Crippen molar-refractivity contribution in [2.24, 2.45) is 7.05 Å². The Morgan fingerprint density at radius 1 is 0.652 bits per heavy atom. The summed E-state index contributed by atoms with van der Waals surface area (Å²) in [5, 5.41) is 0. The Balaban J connectivity index is 0.00000338. The van der Waals surface area contributed by atoms with Gasteiger partial charge in [0.1, 0.15) is 0 Å². The molecule has 0 saturated heterocycles. The third-order valence-corrected chi connectivity index (χ3v) is 9.28. The van der Waals surface area contributed by atoms with Crippen LogP contribution in [0.1, 0.15) is 48.6 Å². The van der Waals surface area contributed by atoms with Crippen LogP contribution in [0.5, 0.6) is 0 Å². The Labute approximate surface area is 285 Å². The van der Waals surface area contributed by atoms with Crippen LogP contribution in [-0.2, 0) is 38.9 Å². The maximum atomic E-state index is 5.03. The van der Waals surface area contributed by atoms with Crippen molar-refractivity contribution in [3.8, 4) is 33.8 Å². The van der Waals surface area contributed by atoms with Crippen LogP contribution in [-0.4, -0.2) is 14.5 Å². The molecule has 5 aromatic carbocycles. The maximum Gasteiger partial charge on any atom is 2.00 e. The molecular formula is C42H33N3Pt. The van der Waals surface area contributed by atoms with Gasteiger partial charge in [0.25, 0.3) is 0 Å². The van der Waals surface area contributed by atoms with Crippen molar-refractivity contribution in [2.45, 2.75) is 31.6 Å². The Morgan fingerprint density at radius 3 is 1.89 bits per heavy atom. The number of aryl methyl sites for hydroxylation is 1. The van der Waals surface area contributed by atoms with Gasteiger partial charge in [-0.1, -0.05) is 87.5 Å². The topological polar surface area (TPSA) is 30.7 Å². The maximum absolute atomic E-state index is 5.03. The van der Waals surface area contributed by atoms with Gasteiger partial charge in [-0.15, -0.1) is 70.8 Å². The van der Waals surface area contributed by atoms with Gasteiger partial charge < -0.3 is 9.55 Å². The third-order valence-electron chi connectivity index (χ3n) is 9.28. The smallest absolute Gasteiger partial charge is 0.367 e. The summed E-state index contributed by atoms with van der Waals surface area (Å²) in [6.45, 7) is 6.71. The Morgan fingerprint density at radius 2 is 1.24 bits per heavy atom. The SMILES string of the molecule is Cn1c(-c2[c-]c(C3(c4[c-]c(-c5cc(C(C)(C)C)ccn5)ccc4)c4ccccc4-c4ccccc43)ccc2)nc2ccccc21.[Pt+2]. The molecule has 46 heavy (non-hydrogen) atoms. The van der Waals surface area contributed by atoms with E-state index in [1.165, 1.54) is 27.8 Å². The van der Waals surface area contributed by atoms with E-state index in [4.69, 9.17) is 9.97 Å². The average molecular weight is 775 g/mol. The predicted molar refractivity (Wildman–Crippen MR) is 183 cm³/mol. The van der Waals surface area contributed by atoms with E-state index >= 15 is 0 Å². The Kier molecular flexibility index (Phi) is 7.41. The minimum absolute atomic E-state index is 0. The first-order chi connectivity index (χ1) is 21.9. The molecule has 0 fully saturated rings. The fourth-order valence-corrected chi connectivity index (χ4v) is 7.05. The molecule has 1 aliphatic rings. The van der Waals surface area contributed by atoms with E-state index in [-0.39, 0.29) is 26.5 Å². The molecule has 0 bridgehead atoms. The molecule has 1 aliphatic carbocycles. The van der Waals surface area contributed by atoms with Gasteiger partial charge in [-0.2, -0.15) is 0 Å². The number of benzene rings is 5. The molecule has 2 heterocycles. The number of pyridine rings is 1. The molecule has 3 nitrogen and oxygen atoms in total. The minimum atomic E-state index is -0.634. The molecular weight excluding hydrogens is 742 g/mol. The van der Waals surface area contributed by atoms with E-state index in [0.717, 1.165) is 44.8 Å². The first-order valence-corrected chi connectivity index (χ1v) is 15.5. The Bertz CT molecular complexity index is 2190. The first-order valence-electron chi connectivity index (χ1n) is 15.5. The normalized spacial score (nSPS) is 13.2. The van der Waals surface area contributed by atoms with Gasteiger partial charge in [-0.05, 0) is 57.1 Å². The van der Waals surface area contributed by atoms with Crippen LogP contribution in [0.15, 0.2) is 128 Å². The molecule has 0 aliphatic heterocycles. The molecule has 0 spiro atoms. The van der Waals surface area contributed by atoms with Crippen molar-refractivity contribution in [2.75, 3.05) is 0 Å². The van der Waals surface area contributed by atoms with Crippen LogP contribution >= 0.6 is 0 Å². The van der Waals surface area contributed by atoms with E-state index in [1.807, 2.05) is 12.3 Å². The van der Waals surface area contributed by atoms with Gasteiger partial charge in [0.2, 0.25) is 0 Å². The summed E-state index contributed by atoms with van der Waals surface area (Å²) in [6, 6.07) is 50.9. The van der Waals surface area contributed by atoms with Crippen molar-refractivity contribution in [3.63, 3.8) is 0 Å². The van der Waals surface area contributed by atoms with Crippen LogP contribution in [0.2, 0.25) is 0 Å². The second kappa shape index (κ2) is 11.3. The van der Waals surface area contributed by atoms with Crippen molar-refractivity contribution in [1.29, 1.82) is 0 Å². The molecule has 0 unspecified atom stereocenters. The second-order valence-electron chi connectivity index (χ2n) is 13.0. The summed E-state index contributed by atoms with van der Waals surface area (Å²) in [7, 11) is 2.08. The number of hydrogen-bond donors (Lipinski definition) is 0. The number of para-hydroxylation sites is 2. The zero-order chi connectivity index (χ0) is 30.8. The fourth-order valence-electron chi connectivity index (χ4n) is 7.05. The number of aromatic nitrogens is 3. The predicted octanol–water partition coefficient (Wildman–Crippen LogP) is 9.56. The summed E-state index contributed by atoms with van der Waals surface area (Å²) in [5.74, 6) is 0.897. The van der Waals surface area contributed by atoms with Gasteiger partial charge in [-0.3, -0.25) is 4.98 Å². The molecule has 0 N–H and O–H groups in total. The minimum Gasteiger partial charge on any atom is -0.367 e.